The zero-order chi connectivity index (χ0) is 15.5. The summed E-state index contributed by atoms with van der Waals surface area (Å²) in [6.45, 7) is 3.69. The highest BCUT2D eigenvalue weighted by Gasteiger charge is 2.14. The lowest BCUT2D eigenvalue weighted by atomic mass is 10.2. The van der Waals surface area contributed by atoms with Crippen molar-refractivity contribution in [2.24, 2.45) is 0 Å². The van der Waals surface area contributed by atoms with Gasteiger partial charge in [0.1, 0.15) is 5.88 Å². The molecule has 0 aliphatic heterocycles. The quantitative estimate of drug-likeness (QED) is 0.909. The summed E-state index contributed by atoms with van der Waals surface area (Å²) in [7, 11) is -1.94. The molecule has 1 N–H and O–H groups in total. The molecule has 1 aromatic carbocycles. The molecule has 0 bridgehead atoms. The second kappa shape index (κ2) is 6.09. The van der Waals surface area contributed by atoms with E-state index in [0.717, 1.165) is 5.56 Å². The highest BCUT2D eigenvalue weighted by molar-refractivity contribution is 7.91. The van der Waals surface area contributed by atoms with Crippen molar-refractivity contribution in [3.05, 3.63) is 41.6 Å². The van der Waals surface area contributed by atoms with Gasteiger partial charge >= 0.3 is 0 Å². The highest BCUT2D eigenvalue weighted by Crippen LogP contribution is 2.14. The number of anilines is 1. The molecule has 0 unspecified atom stereocenters. The maximum Gasteiger partial charge on any atom is 0.227 e. The van der Waals surface area contributed by atoms with Crippen LogP contribution in [0.3, 0.4) is 0 Å². The third-order valence-corrected chi connectivity index (χ3v) is 4.36. The average Bonchev–Trinajstić information content (AvgIpc) is 2.45. The second-order valence-electron chi connectivity index (χ2n) is 4.62. The molecule has 0 atom stereocenters. The molecule has 2 rings (SSSR count). The Bertz CT molecular complexity index is 728. The van der Waals surface area contributed by atoms with Crippen LogP contribution in [-0.4, -0.2) is 31.4 Å². The van der Waals surface area contributed by atoms with Gasteiger partial charge in [-0.1, -0.05) is 17.7 Å². The van der Waals surface area contributed by atoms with Gasteiger partial charge in [-0.3, -0.25) is 0 Å². The molecule has 0 radical (unpaired) electrons. The number of hydrogen-bond acceptors (Lipinski definition) is 6. The molecule has 6 nitrogen and oxygen atoms in total. The van der Waals surface area contributed by atoms with E-state index < -0.39 is 9.84 Å². The van der Waals surface area contributed by atoms with Gasteiger partial charge in [0.15, 0.2) is 9.84 Å². The molecule has 0 aliphatic rings. The van der Waals surface area contributed by atoms with Gasteiger partial charge in [-0.2, -0.15) is 4.98 Å². The number of sulfone groups is 1. The van der Waals surface area contributed by atoms with Crippen molar-refractivity contribution >= 4 is 15.8 Å². The minimum absolute atomic E-state index is 0.225. The van der Waals surface area contributed by atoms with Crippen LogP contribution in [-0.2, 0) is 9.84 Å². The number of rotatable bonds is 5. The molecule has 0 fully saturated rings. The van der Waals surface area contributed by atoms with Crippen molar-refractivity contribution < 1.29 is 13.2 Å². The van der Waals surface area contributed by atoms with Crippen molar-refractivity contribution in [1.29, 1.82) is 0 Å². The standard InChI is InChI=1S/C14H17N3O3S/c1-10-4-6-12(7-5-10)21(18,19)9-15-14-16-11(2)8-13(17-14)20-3/h4-8H,9H2,1-3H3,(H,15,16,17). The molecule has 0 saturated carbocycles. The van der Waals surface area contributed by atoms with Crippen LogP contribution in [0, 0.1) is 13.8 Å². The van der Waals surface area contributed by atoms with E-state index in [4.69, 9.17) is 4.74 Å². The number of benzene rings is 1. The largest absolute Gasteiger partial charge is 0.481 e. The van der Waals surface area contributed by atoms with E-state index in [9.17, 15) is 8.42 Å². The predicted molar refractivity (Wildman–Crippen MR) is 80.2 cm³/mol. The van der Waals surface area contributed by atoms with Gasteiger partial charge in [-0.05, 0) is 26.0 Å². The first-order valence-corrected chi connectivity index (χ1v) is 7.99. The fourth-order valence-corrected chi connectivity index (χ4v) is 2.75. The molecule has 0 aliphatic carbocycles. The summed E-state index contributed by atoms with van der Waals surface area (Å²) in [4.78, 5) is 8.44. The van der Waals surface area contributed by atoms with E-state index in [1.165, 1.54) is 7.11 Å². The van der Waals surface area contributed by atoms with Crippen molar-refractivity contribution in [2.45, 2.75) is 18.7 Å². The Morgan fingerprint density at radius 3 is 2.43 bits per heavy atom. The molecule has 1 aromatic heterocycles. The maximum atomic E-state index is 12.2. The number of hydrogen-bond donors (Lipinski definition) is 1. The van der Waals surface area contributed by atoms with Crippen molar-refractivity contribution in [3.8, 4) is 5.88 Å². The molecule has 21 heavy (non-hydrogen) atoms. The zero-order valence-corrected chi connectivity index (χ0v) is 12.9. The molecule has 112 valence electrons. The topological polar surface area (TPSA) is 81.2 Å². The summed E-state index contributed by atoms with van der Waals surface area (Å²) in [6.07, 6.45) is 0. The fourth-order valence-electron chi connectivity index (χ4n) is 1.71. The lowest BCUT2D eigenvalue weighted by Gasteiger charge is -2.08. The first kappa shape index (κ1) is 15.2. The average molecular weight is 307 g/mol. The molecule has 7 heteroatoms. The van der Waals surface area contributed by atoms with E-state index >= 15 is 0 Å². The number of methoxy groups -OCH3 is 1. The zero-order valence-electron chi connectivity index (χ0n) is 12.1. The van der Waals surface area contributed by atoms with Crippen LogP contribution in [0.25, 0.3) is 0 Å². The Balaban J connectivity index is 2.15. The van der Waals surface area contributed by atoms with E-state index in [2.05, 4.69) is 15.3 Å². The summed E-state index contributed by atoms with van der Waals surface area (Å²) < 4.78 is 29.4. The van der Waals surface area contributed by atoms with Crippen molar-refractivity contribution in [3.63, 3.8) is 0 Å². The number of aryl methyl sites for hydroxylation is 2. The molecular formula is C14H17N3O3S. The minimum atomic E-state index is -3.44. The monoisotopic (exact) mass is 307 g/mol. The molecule has 0 saturated heterocycles. The van der Waals surface area contributed by atoms with Gasteiger partial charge in [0, 0.05) is 11.8 Å². The molecular weight excluding hydrogens is 290 g/mol. The van der Waals surface area contributed by atoms with Gasteiger partial charge in [0.05, 0.1) is 12.0 Å². The Labute approximate surface area is 124 Å². The lowest BCUT2D eigenvalue weighted by Crippen LogP contribution is -2.16. The van der Waals surface area contributed by atoms with E-state index in [1.807, 2.05) is 6.92 Å². The molecule has 0 amide bonds. The Morgan fingerprint density at radius 2 is 1.81 bits per heavy atom. The normalized spacial score (nSPS) is 11.2. The van der Waals surface area contributed by atoms with Crippen LogP contribution < -0.4 is 10.1 Å². The second-order valence-corrected chi connectivity index (χ2v) is 6.61. The summed E-state index contributed by atoms with van der Waals surface area (Å²) in [5.74, 6) is 0.336. The van der Waals surface area contributed by atoms with Gasteiger partial charge in [-0.15, -0.1) is 0 Å². The van der Waals surface area contributed by atoms with Crippen LogP contribution in [0.15, 0.2) is 35.2 Å². The van der Waals surface area contributed by atoms with E-state index in [1.54, 1.807) is 37.3 Å². The van der Waals surface area contributed by atoms with Gasteiger partial charge in [-0.25, -0.2) is 13.4 Å². The molecule has 0 spiro atoms. The van der Waals surface area contributed by atoms with Crippen LogP contribution in [0.5, 0.6) is 5.88 Å². The third-order valence-electron chi connectivity index (χ3n) is 2.84. The van der Waals surface area contributed by atoms with Gasteiger partial charge in [0.2, 0.25) is 11.8 Å². The number of nitrogens with one attached hydrogen (secondary N) is 1. The number of nitrogens with zero attached hydrogens (tertiary/aromatic N) is 2. The van der Waals surface area contributed by atoms with Crippen LogP contribution >= 0.6 is 0 Å². The smallest absolute Gasteiger partial charge is 0.227 e. The predicted octanol–water partition coefficient (Wildman–Crippen LogP) is 1.95. The van der Waals surface area contributed by atoms with Crippen molar-refractivity contribution in [1.82, 2.24) is 9.97 Å². The molecule has 2 aromatic rings. The number of ether oxygens (including phenoxy) is 1. The van der Waals surface area contributed by atoms with E-state index in [0.29, 0.717) is 11.6 Å². The number of aromatic nitrogens is 2. The lowest BCUT2D eigenvalue weighted by molar-refractivity contribution is 0.397. The van der Waals surface area contributed by atoms with Crippen LogP contribution in [0.2, 0.25) is 0 Å². The third kappa shape index (κ3) is 3.91. The summed E-state index contributed by atoms with van der Waals surface area (Å²) in [6, 6.07) is 8.37. The Morgan fingerprint density at radius 1 is 1.14 bits per heavy atom. The fraction of sp³-hybridized carbons (Fsp3) is 0.286. The highest BCUT2D eigenvalue weighted by atomic mass is 32.2. The van der Waals surface area contributed by atoms with Crippen LogP contribution in [0.1, 0.15) is 11.3 Å². The van der Waals surface area contributed by atoms with Crippen molar-refractivity contribution in [2.75, 3.05) is 18.3 Å². The van der Waals surface area contributed by atoms with Crippen LogP contribution in [0.4, 0.5) is 5.95 Å². The van der Waals surface area contributed by atoms with E-state index in [-0.39, 0.29) is 16.7 Å². The maximum absolute atomic E-state index is 12.2. The van der Waals surface area contributed by atoms with Gasteiger partial charge < -0.3 is 10.1 Å². The summed E-state index contributed by atoms with van der Waals surface area (Å²) >= 11 is 0. The summed E-state index contributed by atoms with van der Waals surface area (Å²) in [5, 5.41) is 2.72. The molecule has 1 heterocycles. The first-order chi connectivity index (χ1) is 9.90. The summed E-state index contributed by atoms with van der Waals surface area (Å²) in [5.41, 5.74) is 1.70. The Hall–Kier alpha value is -2.15. The Kier molecular flexibility index (Phi) is 4.42. The minimum Gasteiger partial charge on any atom is -0.481 e. The first-order valence-electron chi connectivity index (χ1n) is 6.34. The van der Waals surface area contributed by atoms with Gasteiger partial charge in [0.25, 0.3) is 0 Å². The SMILES string of the molecule is COc1cc(C)nc(NCS(=O)(=O)c2ccc(C)cc2)n1.